The number of ether oxygens (including phenoxy) is 6. The first-order valence-corrected chi connectivity index (χ1v) is 29.0. The zero-order valence-electron chi connectivity index (χ0n) is 48.2. The summed E-state index contributed by atoms with van der Waals surface area (Å²) >= 11 is 0. The molecular weight excluding hydrogens is 1300 g/mol. The third-order valence-electron chi connectivity index (χ3n) is 19.1. The molecule has 0 atom stereocenters. The second-order valence-corrected chi connectivity index (χ2v) is 23.8. The zero-order chi connectivity index (χ0) is 67.9. The van der Waals surface area contributed by atoms with Gasteiger partial charge in [-0.1, -0.05) is 24.3 Å². The third kappa shape index (κ3) is 6.69. The number of halogens is 7. The molecule has 0 bridgehead atoms. The van der Waals surface area contributed by atoms with Crippen molar-refractivity contribution in [2.45, 2.75) is 6.92 Å². The summed E-state index contributed by atoms with van der Waals surface area (Å²) < 4.78 is 137. The molecule has 0 spiro atoms. The summed E-state index contributed by atoms with van der Waals surface area (Å²) in [7, 11) is 0. The average Bonchev–Trinajstić information content (AvgIpc) is 0.688. The lowest BCUT2D eigenvalue weighted by atomic mass is 9.81. The SMILES string of the molecule is Cc1cc2c3c(cc(F)c4c5c(F)cc6c7c(cc(F)c(c1c34)c75)C(=O)OC6=O)C(=O)OC2=O.O=C1OC(=O)c2cc(F)c3c4ccc5c6c(cc(F)c(c7ccc1c2c73)c64)C(=O)OC5=O.O=C1OC(=O)c2ccc3c4c(F)cc5c6c(cc(F)c(c7ccc1c2c73)c64)C(=O)OC5=O. The first-order valence-electron chi connectivity index (χ1n) is 29.0. The van der Waals surface area contributed by atoms with Crippen LogP contribution in [0.5, 0.6) is 0 Å². The third-order valence-corrected chi connectivity index (χ3v) is 19.1. The van der Waals surface area contributed by atoms with Crippen LogP contribution in [0.2, 0.25) is 0 Å². The molecule has 0 radical (unpaired) electrons. The minimum absolute atomic E-state index is 0.0200. The van der Waals surface area contributed by atoms with E-state index in [4.69, 9.17) is 18.9 Å². The van der Waals surface area contributed by atoms with Crippen molar-refractivity contribution in [1.82, 2.24) is 0 Å². The minimum atomic E-state index is -1.11. The Hall–Kier alpha value is -13.5. The number of rotatable bonds is 0. The molecule has 0 saturated heterocycles. The van der Waals surface area contributed by atoms with E-state index < -0.39 is 112 Å². The summed E-state index contributed by atoms with van der Waals surface area (Å²) in [5.74, 6) is -18.0. The van der Waals surface area contributed by atoms with Gasteiger partial charge in [0, 0.05) is 97.0 Å². The fourth-order valence-electron chi connectivity index (χ4n) is 15.5. The van der Waals surface area contributed by atoms with Crippen LogP contribution in [0.1, 0.15) is 130 Å². The number of carbonyl (C=O) groups is 12. The number of fused-ring (bicyclic) bond motifs is 6. The second-order valence-electron chi connectivity index (χ2n) is 23.8. The number of hydrogen-bond acceptors (Lipinski definition) is 18. The highest BCUT2D eigenvalue weighted by Gasteiger charge is 2.41. The Morgan fingerprint density at radius 2 is 0.367 bits per heavy atom. The van der Waals surface area contributed by atoms with Crippen LogP contribution in [0.25, 0.3) is 129 Å². The van der Waals surface area contributed by atoms with E-state index in [9.17, 15) is 57.5 Å². The Balaban J connectivity index is 0.000000103. The van der Waals surface area contributed by atoms with Gasteiger partial charge in [-0.25, -0.2) is 88.3 Å². The van der Waals surface area contributed by atoms with Crippen LogP contribution in [0.15, 0.2) is 97.1 Å². The van der Waals surface area contributed by atoms with Gasteiger partial charge >= 0.3 is 71.6 Å². The molecule has 6 aliphatic rings. The molecule has 0 aliphatic carbocycles. The molecule has 98 heavy (non-hydrogen) atoms. The number of aryl methyl sites for hydroxylation is 1. The highest BCUT2D eigenvalue weighted by Crippen LogP contribution is 2.53. The van der Waals surface area contributed by atoms with E-state index in [1.54, 1.807) is 6.92 Å². The Morgan fingerprint density at radius 1 is 0.184 bits per heavy atom. The van der Waals surface area contributed by atoms with E-state index in [0.717, 1.165) is 42.5 Å². The first-order chi connectivity index (χ1) is 46.9. The molecule has 0 amide bonds. The fraction of sp³-hybridized carbons (Fsp3) is 0.0137. The van der Waals surface area contributed by atoms with Gasteiger partial charge in [0.15, 0.2) is 0 Å². The van der Waals surface area contributed by atoms with Gasteiger partial charge < -0.3 is 28.4 Å². The van der Waals surface area contributed by atoms with E-state index in [-0.39, 0.29) is 180 Å². The van der Waals surface area contributed by atoms with Crippen molar-refractivity contribution in [2.24, 2.45) is 0 Å². The van der Waals surface area contributed by atoms with E-state index >= 15 is 30.7 Å². The Labute approximate surface area is 532 Å². The molecule has 6 aliphatic heterocycles. The molecule has 21 rings (SSSR count). The van der Waals surface area contributed by atoms with E-state index in [1.807, 2.05) is 0 Å². The first kappa shape index (κ1) is 56.1. The lowest BCUT2D eigenvalue weighted by Crippen LogP contribution is -2.22. The van der Waals surface area contributed by atoms with Crippen molar-refractivity contribution in [3.63, 3.8) is 0 Å². The fourth-order valence-corrected chi connectivity index (χ4v) is 15.5. The molecule has 0 aromatic heterocycles. The van der Waals surface area contributed by atoms with Crippen molar-refractivity contribution >= 4 is 201 Å². The predicted molar refractivity (Wildman–Crippen MR) is 326 cm³/mol. The second kappa shape index (κ2) is 18.3. The van der Waals surface area contributed by atoms with Crippen molar-refractivity contribution in [3.8, 4) is 0 Å². The molecule has 25 heteroatoms. The normalized spacial score (nSPS) is 15.3. The Kier molecular flexibility index (Phi) is 10.5. The van der Waals surface area contributed by atoms with Gasteiger partial charge in [0.1, 0.15) is 40.7 Å². The molecule has 15 aromatic rings. The van der Waals surface area contributed by atoms with Crippen molar-refractivity contribution in [3.05, 3.63) is 210 Å². The topological polar surface area (TPSA) is 260 Å². The van der Waals surface area contributed by atoms with Gasteiger partial charge in [0.05, 0.1) is 66.8 Å². The number of hydrogen-bond donors (Lipinski definition) is 0. The van der Waals surface area contributed by atoms with Crippen LogP contribution in [-0.4, -0.2) is 71.6 Å². The molecule has 0 unspecified atom stereocenters. The maximum absolute atomic E-state index is 15.6. The van der Waals surface area contributed by atoms with Crippen LogP contribution in [0, 0.1) is 47.6 Å². The largest absolute Gasteiger partial charge is 0.386 e. The van der Waals surface area contributed by atoms with Crippen LogP contribution >= 0.6 is 0 Å². The van der Waals surface area contributed by atoms with E-state index in [1.165, 1.54) is 54.6 Å². The summed E-state index contributed by atoms with van der Waals surface area (Å²) in [4.78, 5) is 148. The van der Waals surface area contributed by atoms with E-state index in [2.05, 4.69) is 9.47 Å². The standard InChI is InChI=1S/C25H7F3O6.2C24H6F2O6/c1-6-2-7-15-8(23(30)33-22(7)29)4-12(27)18-19-13(28)5-10-16-9(24(31)34-25(10)32)3-11(26)17(21(16)19)14(6)20(15)18;25-13-5-12-16-10(22(28)32-24(12)30)4-2-8-18-14(26)6-11-15-9(21(27)31-23(11)29)3-1-7(19(15)18)17(13)20(8)16;25-13-5-11-17-12(24(30)32-23(11)29)6-14(26)19-8-2-4-10-16-9(21(27)31-22(10)28)3-1-7(15(8)16)18(13)20(17)19/h2-5H,1H3;2*1-6H. The van der Waals surface area contributed by atoms with Gasteiger partial charge in [-0.15, -0.1) is 0 Å². The quantitative estimate of drug-likeness (QED) is 0.0341. The molecule has 18 nitrogen and oxygen atoms in total. The van der Waals surface area contributed by atoms with Gasteiger partial charge in [0.2, 0.25) is 0 Å². The van der Waals surface area contributed by atoms with Crippen molar-refractivity contribution in [1.29, 1.82) is 0 Å². The van der Waals surface area contributed by atoms with Gasteiger partial charge in [-0.3, -0.25) is 0 Å². The number of cyclic esters (lactones) is 12. The summed E-state index contributed by atoms with van der Waals surface area (Å²) in [6.07, 6.45) is 0. The monoisotopic (exact) mass is 1320 g/mol. The van der Waals surface area contributed by atoms with Gasteiger partial charge in [0.25, 0.3) is 0 Å². The van der Waals surface area contributed by atoms with Gasteiger partial charge in [-0.05, 0) is 118 Å². The smallest absolute Gasteiger partial charge is 0.346 e. The summed E-state index contributed by atoms with van der Waals surface area (Å²) in [5.41, 5.74) is -0.839. The minimum Gasteiger partial charge on any atom is -0.386 e. The molecule has 15 aromatic carbocycles. The Bertz CT molecular complexity index is 6330. The zero-order valence-corrected chi connectivity index (χ0v) is 48.2. The number of benzene rings is 15. The summed E-state index contributed by atoms with van der Waals surface area (Å²) in [5, 5.41) is 1.68. The summed E-state index contributed by atoms with van der Waals surface area (Å²) in [6.45, 7) is 1.54. The van der Waals surface area contributed by atoms with Crippen LogP contribution in [-0.2, 0) is 28.4 Å². The molecule has 0 fully saturated rings. The maximum atomic E-state index is 15.6. The molecule has 468 valence electrons. The maximum Gasteiger partial charge on any atom is 0.346 e. The van der Waals surface area contributed by atoms with Crippen LogP contribution in [0.3, 0.4) is 0 Å². The van der Waals surface area contributed by atoms with Crippen LogP contribution < -0.4 is 0 Å². The summed E-state index contributed by atoms with van der Waals surface area (Å²) in [6, 6.07) is 19.2. The van der Waals surface area contributed by atoms with Crippen molar-refractivity contribution < 1.29 is 117 Å². The molecular formula is C73H19F7O18. The lowest BCUT2D eigenvalue weighted by molar-refractivity contribution is 0.0372. The highest BCUT2D eigenvalue weighted by atomic mass is 19.2. The molecule has 6 heterocycles. The Morgan fingerprint density at radius 3 is 0.653 bits per heavy atom. The van der Waals surface area contributed by atoms with Crippen LogP contribution in [0.4, 0.5) is 30.7 Å². The number of esters is 12. The van der Waals surface area contributed by atoms with Crippen molar-refractivity contribution in [2.75, 3.05) is 0 Å². The highest BCUT2D eigenvalue weighted by molar-refractivity contribution is 6.44. The predicted octanol–water partition coefficient (Wildman–Crippen LogP) is 14.4. The molecule has 0 N–H and O–H groups in total. The lowest BCUT2D eigenvalue weighted by Gasteiger charge is -2.24. The number of carbonyl (C=O) groups excluding carboxylic acids is 12. The van der Waals surface area contributed by atoms with Gasteiger partial charge in [-0.2, -0.15) is 0 Å². The molecule has 0 saturated carbocycles. The average molecular weight is 1320 g/mol. The van der Waals surface area contributed by atoms with E-state index in [0.29, 0.717) is 21.7 Å².